The number of thiazole rings is 1. The van der Waals surface area contributed by atoms with E-state index >= 15 is 0 Å². The van der Waals surface area contributed by atoms with Gasteiger partial charge in [0.05, 0.1) is 10.7 Å². The molecule has 0 unspecified atom stereocenters. The van der Waals surface area contributed by atoms with E-state index in [-0.39, 0.29) is 5.91 Å². The molecule has 2 aromatic rings. The predicted molar refractivity (Wildman–Crippen MR) is 117 cm³/mol. The highest BCUT2D eigenvalue weighted by atomic mass is 32.1. The first kappa shape index (κ1) is 18.6. The molecule has 1 amide bonds. The van der Waals surface area contributed by atoms with E-state index in [1.54, 1.807) is 0 Å². The van der Waals surface area contributed by atoms with Crippen molar-refractivity contribution in [3.8, 4) is 0 Å². The van der Waals surface area contributed by atoms with Gasteiger partial charge in [-0.2, -0.15) is 0 Å². The molecule has 0 atom stereocenters. The average molecular weight is 406 g/mol. The first-order chi connectivity index (χ1) is 14.2. The fourth-order valence-electron chi connectivity index (χ4n) is 4.52. The van der Waals surface area contributed by atoms with Crippen molar-refractivity contribution in [1.29, 1.82) is 0 Å². The summed E-state index contributed by atoms with van der Waals surface area (Å²) in [5.41, 5.74) is 4.58. The van der Waals surface area contributed by atoms with Crippen molar-refractivity contribution >= 4 is 17.2 Å². The third-order valence-corrected chi connectivity index (χ3v) is 7.75. The molecule has 0 saturated carbocycles. The van der Waals surface area contributed by atoms with Crippen LogP contribution < -0.4 is 0 Å². The number of aromatic nitrogens is 1. The maximum absolute atomic E-state index is 12.9. The van der Waals surface area contributed by atoms with Crippen molar-refractivity contribution in [3.05, 3.63) is 74.9 Å². The number of fused-ring (bicyclic) bond motifs is 1. The molecular weight excluding hydrogens is 378 g/mol. The Labute approximate surface area is 176 Å². The third-order valence-electron chi connectivity index (χ3n) is 6.43. The summed E-state index contributed by atoms with van der Waals surface area (Å²) >= 11 is 1.92. The third kappa shape index (κ3) is 3.64. The van der Waals surface area contributed by atoms with E-state index in [4.69, 9.17) is 4.98 Å². The average Bonchev–Trinajstić information content (AvgIpc) is 3.02. The number of allylic oxidation sites excluding steroid dienone is 3. The van der Waals surface area contributed by atoms with E-state index in [9.17, 15) is 4.79 Å². The summed E-state index contributed by atoms with van der Waals surface area (Å²) in [6.45, 7) is 5.83. The van der Waals surface area contributed by atoms with E-state index < -0.39 is 0 Å². The Balaban J connectivity index is 1.21. The molecule has 1 saturated heterocycles. The largest absolute Gasteiger partial charge is 0.371 e. The Morgan fingerprint density at radius 1 is 1.10 bits per heavy atom. The second-order valence-corrected chi connectivity index (χ2v) is 9.36. The molecule has 1 aromatic heterocycles. The number of carbonyl (C=O) groups is 1. The number of likely N-dealkylation sites (tertiary alicyclic amines) is 1. The topological polar surface area (TPSA) is 36.4 Å². The van der Waals surface area contributed by atoms with E-state index in [1.165, 1.54) is 21.3 Å². The zero-order valence-electron chi connectivity index (χ0n) is 16.9. The molecule has 5 heteroatoms. The van der Waals surface area contributed by atoms with Crippen LogP contribution in [0.4, 0.5) is 0 Å². The summed E-state index contributed by atoms with van der Waals surface area (Å²) in [6.07, 6.45) is 10.7. The van der Waals surface area contributed by atoms with E-state index in [2.05, 4.69) is 23.1 Å². The fourth-order valence-corrected chi connectivity index (χ4v) is 5.79. The maximum Gasteiger partial charge on any atom is 0.254 e. The minimum atomic E-state index is 0.177. The van der Waals surface area contributed by atoms with Crippen molar-refractivity contribution in [2.75, 3.05) is 26.2 Å². The number of aryl methyl sites for hydroxylation is 1. The van der Waals surface area contributed by atoms with Crippen LogP contribution in [0.25, 0.3) is 0 Å². The monoisotopic (exact) mass is 405 g/mol. The summed E-state index contributed by atoms with van der Waals surface area (Å²) in [7, 11) is 0. The van der Waals surface area contributed by atoms with Crippen LogP contribution in [0, 0.1) is 6.92 Å². The van der Waals surface area contributed by atoms with Gasteiger partial charge in [-0.25, -0.2) is 4.98 Å². The van der Waals surface area contributed by atoms with Crippen molar-refractivity contribution in [2.45, 2.75) is 38.5 Å². The SMILES string of the molecule is Cc1ccccc1C(=O)N1CCC(c2nc3c(s2)CCN(C2=CC=C2)CC3)CC1. The van der Waals surface area contributed by atoms with Crippen LogP contribution in [0.2, 0.25) is 0 Å². The fraction of sp³-hybridized carbons (Fsp3) is 0.417. The molecule has 4 nitrogen and oxygen atoms in total. The van der Waals surface area contributed by atoms with Gasteiger partial charge in [0.25, 0.3) is 5.91 Å². The first-order valence-corrected chi connectivity index (χ1v) is 11.5. The van der Waals surface area contributed by atoms with Gasteiger partial charge >= 0.3 is 0 Å². The van der Waals surface area contributed by atoms with Crippen molar-refractivity contribution in [2.24, 2.45) is 0 Å². The Bertz CT molecular complexity index is 956. The van der Waals surface area contributed by atoms with E-state index in [1.807, 2.05) is 47.4 Å². The van der Waals surface area contributed by atoms with Crippen LogP contribution in [0.3, 0.4) is 0 Å². The predicted octanol–water partition coefficient (Wildman–Crippen LogP) is 4.33. The molecule has 1 aromatic carbocycles. The summed E-state index contributed by atoms with van der Waals surface area (Å²) in [4.78, 5) is 23.9. The van der Waals surface area contributed by atoms with Gasteiger partial charge in [-0.3, -0.25) is 4.79 Å². The minimum absolute atomic E-state index is 0.177. The van der Waals surface area contributed by atoms with Crippen LogP contribution >= 0.6 is 11.3 Å². The van der Waals surface area contributed by atoms with Crippen molar-refractivity contribution in [1.82, 2.24) is 14.8 Å². The maximum atomic E-state index is 12.9. The molecule has 1 fully saturated rings. The van der Waals surface area contributed by atoms with Gasteiger partial charge in [0, 0.05) is 61.1 Å². The van der Waals surface area contributed by atoms with E-state index in [0.29, 0.717) is 5.92 Å². The van der Waals surface area contributed by atoms with Gasteiger partial charge in [0.15, 0.2) is 0 Å². The number of hydrogen-bond acceptors (Lipinski definition) is 4. The standard InChI is InChI=1S/C24H27N3OS/c1-17-5-2-3-8-20(17)24(28)27-13-9-18(10-14-27)23-25-21-11-15-26(19-6-4-7-19)16-12-22(21)29-23/h2-8,18H,9-16H2,1H3. The summed E-state index contributed by atoms with van der Waals surface area (Å²) in [5, 5.41) is 1.30. The Morgan fingerprint density at radius 2 is 1.86 bits per heavy atom. The summed E-state index contributed by atoms with van der Waals surface area (Å²) in [5.74, 6) is 0.678. The quantitative estimate of drug-likeness (QED) is 0.763. The lowest BCUT2D eigenvalue weighted by Gasteiger charge is -2.31. The normalized spacial score (nSPS) is 19.4. The highest BCUT2D eigenvalue weighted by molar-refractivity contribution is 7.11. The number of nitrogens with zero attached hydrogens (tertiary/aromatic N) is 3. The Morgan fingerprint density at radius 3 is 2.59 bits per heavy atom. The molecular formula is C24H27N3OS. The lowest BCUT2D eigenvalue weighted by molar-refractivity contribution is 0.0712. The molecule has 150 valence electrons. The van der Waals surface area contributed by atoms with Crippen LogP contribution in [-0.2, 0) is 12.8 Å². The van der Waals surface area contributed by atoms with Crippen LogP contribution in [0.1, 0.15) is 50.3 Å². The van der Waals surface area contributed by atoms with Gasteiger partial charge in [-0.15, -0.1) is 11.3 Å². The zero-order chi connectivity index (χ0) is 19.8. The number of carbonyl (C=O) groups excluding carboxylic acids is 1. The van der Waals surface area contributed by atoms with Crippen LogP contribution in [0.15, 0.2) is 48.2 Å². The zero-order valence-corrected chi connectivity index (χ0v) is 17.8. The molecule has 1 aliphatic carbocycles. The number of benzene rings is 1. The number of amides is 1. The smallest absolute Gasteiger partial charge is 0.254 e. The molecule has 29 heavy (non-hydrogen) atoms. The van der Waals surface area contributed by atoms with Crippen LogP contribution in [0.5, 0.6) is 0 Å². The molecule has 3 aliphatic rings. The number of rotatable bonds is 3. The van der Waals surface area contributed by atoms with Gasteiger partial charge in [-0.05, 0) is 43.5 Å². The highest BCUT2D eigenvalue weighted by Crippen LogP contribution is 2.35. The number of hydrogen-bond donors (Lipinski definition) is 0. The van der Waals surface area contributed by atoms with Gasteiger partial charge in [0.2, 0.25) is 0 Å². The van der Waals surface area contributed by atoms with Crippen LogP contribution in [-0.4, -0.2) is 46.9 Å². The van der Waals surface area contributed by atoms with Gasteiger partial charge < -0.3 is 9.80 Å². The Kier molecular flexibility index (Phi) is 5.00. The van der Waals surface area contributed by atoms with Gasteiger partial charge in [0.1, 0.15) is 0 Å². The minimum Gasteiger partial charge on any atom is -0.371 e. The second kappa shape index (κ2) is 7.79. The summed E-state index contributed by atoms with van der Waals surface area (Å²) < 4.78 is 0. The van der Waals surface area contributed by atoms with E-state index in [0.717, 1.165) is 63.0 Å². The lowest BCUT2D eigenvalue weighted by atomic mass is 9.96. The number of piperidine rings is 1. The molecule has 2 aliphatic heterocycles. The Hall–Kier alpha value is -2.40. The second-order valence-electron chi connectivity index (χ2n) is 8.24. The molecule has 5 rings (SSSR count). The van der Waals surface area contributed by atoms with Gasteiger partial charge in [-0.1, -0.05) is 24.3 Å². The molecule has 3 heterocycles. The van der Waals surface area contributed by atoms with Crippen molar-refractivity contribution < 1.29 is 4.79 Å². The highest BCUT2D eigenvalue weighted by Gasteiger charge is 2.28. The van der Waals surface area contributed by atoms with Crippen molar-refractivity contribution in [3.63, 3.8) is 0 Å². The molecule has 0 spiro atoms. The first-order valence-electron chi connectivity index (χ1n) is 10.7. The lowest BCUT2D eigenvalue weighted by Crippen LogP contribution is -2.38. The molecule has 0 radical (unpaired) electrons. The molecule has 0 N–H and O–H groups in total. The summed E-state index contributed by atoms with van der Waals surface area (Å²) in [6, 6.07) is 7.90. The molecule has 0 bridgehead atoms.